The van der Waals surface area contributed by atoms with Gasteiger partial charge in [0.15, 0.2) is 0 Å². The fourth-order valence-electron chi connectivity index (χ4n) is 1.77. The summed E-state index contributed by atoms with van der Waals surface area (Å²) in [6.07, 6.45) is 0.541. The van der Waals surface area contributed by atoms with Crippen molar-refractivity contribution >= 4 is 21.8 Å². The van der Waals surface area contributed by atoms with Crippen LogP contribution in [-0.4, -0.2) is 54.5 Å². The Labute approximate surface area is 106 Å². The second-order valence-electron chi connectivity index (χ2n) is 4.63. The van der Waals surface area contributed by atoms with Crippen molar-refractivity contribution in [2.75, 3.05) is 38.2 Å². The Balaban J connectivity index is 2.34. The first-order valence-corrected chi connectivity index (χ1v) is 6.84. The summed E-state index contributed by atoms with van der Waals surface area (Å²) in [5.41, 5.74) is 0.00571. The first kappa shape index (κ1) is 13.9. The average molecular weight is 293 g/mol. The van der Waals surface area contributed by atoms with Crippen molar-refractivity contribution in [1.82, 2.24) is 10.2 Å². The lowest BCUT2D eigenvalue weighted by molar-refractivity contribution is -0.121. The maximum Gasteiger partial charge on any atom is 0.220 e. The minimum absolute atomic E-state index is 0.00571. The fraction of sp³-hybridized carbons (Fsp3) is 0.909. The molecule has 0 radical (unpaired) electrons. The first-order chi connectivity index (χ1) is 7.56. The molecule has 1 fully saturated rings. The van der Waals surface area contributed by atoms with Crippen molar-refractivity contribution in [2.45, 2.75) is 25.8 Å². The Morgan fingerprint density at radius 3 is 2.62 bits per heavy atom. The predicted molar refractivity (Wildman–Crippen MR) is 67.9 cm³/mol. The van der Waals surface area contributed by atoms with E-state index in [4.69, 9.17) is 4.74 Å². The van der Waals surface area contributed by atoms with E-state index in [2.05, 4.69) is 40.0 Å². The van der Waals surface area contributed by atoms with Crippen LogP contribution >= 0.6 is 15.9 Å². The third kappa shape index (κ3) is 4.39. The summed E-state index contributed by atoms with van der Waals surface area (Å²) >= 11 is 3.26. The number of amides is 1. The molecule has 0 aromatic rings. The Bertz CT molecular complexity index is 228. The third-order valence-electron chi connectivity index (χ3n) is 2.91. The van der Waals surface area contributed by atoms with Crippen molar-refractivity contribution in [2.24, 2.45) is 0 Å². The number of rotatable bonds is 5. The Kier molecular flexibility index (Phi) is 5.72. The lowest BCUT2D eigenvalue weighted by Crippen LogP contribution is -2.55. The molecular weight excluding hydrogens is 272 g/mol. The molecule has 16 heavy (non-hydrogen) atoms. The van der Waals surface area contributed by atoms with Crippen LogP contribution in [0.25, 0.3) is 0 Å². The Hall–Kier alpha value is -0.130. The van der Waals surface area contributed by atoms with Crippen molar-refractivity contribution in [3.8, 4) is 0 Å². The smallest absolute Gasteiger partial charge is 0.220 e. The van der Waals surface area contributed by atoms with Gasteiger partial charge in [-0.2, -0.15) is 0 Å². The van der Waals surface area contributed by atoms with Crippen LogP contribution in [0, 0.1) is 0 Å². The molecule has 0 aromatic carbocycles. The van der Waals surface area contributed by atoms with E-state index in [1.807, 2.05) is 0 Å². The molecule has 0 saturated carbocycles. The van der Waals surface area contributed by atoms with Crippen molar-refractivity contribution in [1.29, 1.82) is 0 Å². The molecular formula is C11H21BrN2O2. The van der Waals surface area contributed by atoms with Gasteiger partial charge in [0, 0.05) is 36.9 Å². The molecule has 1 amide bonds. The Morgan fingerprint density at radius 2 is 2.06 bits per heavy atom. The van der Waals surface area contributed by atoms with Gasteiger partial charge in [-0.25, -0.2) is 0 Å². The van der Waals surface area contributed by atoms with Gasteiger partial charge in [0.2, 0.25) is 5.91 Å². The highest BCUT2D eigenvalue weighted by atomic mass is 79.9. The predicted octanol–water partition coefficient (Wildman–Crippen LogP) is 0.998. The van der Waals surface area contributed by atoms with E-state index in [9.17, 15) is 4.79 Å². The zero-order chi connectivity index (χ0) is 12.0. The summed E-state index contributed by atoms with van der Waals surface area (Å²) in [6, 6.07) is 0. The van der Waals surface area contributed by atoms with Gasteiger partial charge in [0.05, 0.1) is 13.2 Å². The number of nitrogens with zero attached hydrogens (tertiary/aromatic N) is 1. The summed E-state index contributed by atoms with van der Waals surface area (Å²) in [5, 5.41) is 3.69. The zero-order valence-corrected chi connectivity index (χ0v) is 11.7. The Morgan fingerprint density at radius 1 is 1.44 bits per heavy atom. The van der Waals surface area contributed by atoms with E-state index in [-0.39, 0.29) is 11.4 Å². The lowest BCUT2D eigenvalue weighted by atomic mass is 10.0. The summed E-state index contributed by atoms with van der Waals surface area (Å²) in [5.74, 6) is 0.109. The topological polar surface area (TPSA) is 41.6 Å². The molecule has 1 saturated heterocycles. The first-order valence-electron chi connectivity index (χ1n) is 5.72. The number of halogens is 1. The maximum absolute atomic E-state index is 11.4. The van der Waals surface area contributed by atoms with Gasteiger partial charge in [-0.1, -0.05) is 15.9 Å². The summed E-state index contributed by atoms with van der Waals surface area (Å²) in [4.78, 5) is 13.8. The standard InChI is InChI=1S/C11H21BrN2O2/c1-11(2,9-13-10(15)3-4-12)14-5-7-16-8-6-14/h3-9H2,1-2H3,(H,13,15). The van der Waals surface area contributed by atoms with Gasteiger partial charge in [0.25, 0.3) is 0 Å². The summed E-state index contributed by atoms with van der Waals surface area (Å²) < 4.78 is 5.32. The minimum atomic E-state index is 0.00571. The zero-order valence-electron chi connectivity index (χ0n) is 10.1. The number of nitrogens with one attached hydrogen (secondary N) is 1. The van der Waals surface area contributed by atoms with Crippen LogP contribution in [0.1, 0.15) is 20.3 Å². The van der Waals surface area contributed by atoms with Gasteiger partial charge < -0.3 is 10.1 Å². The molecule has 0 aliphatic carbocycles. The van der Waals surface area contributed by atoms with Crippen molar-refractivity contribution in [3.63, 3.8) is 0 Å². The van der Waals surface area contributed by atoms with Gasteiger partial charge >= 0.3 is 0 Å². The van der Waals surface area contributed by atoms with Crippen LogP contribution in [0.15, 0.2) is 0 Å². The number of alkyl halides is 1. The van der Waals surface area contributed by atoms with E-state index in [0.717, 1.165) is 31.6 Å². The molecule has 1 aliphatic heterocycles. The van der Waals surface area contributed by atoms with Crippen LogP contribution in [0.5, 0.6) is 0 Å². The van der Waals surface area contributed by atoms with Gasteiger partial charge in [-0.05, 0) is 13.8 Å². The van der Waals surface area contributed by atoms with E-state index < -0.39 is 0 Å². The van der Waals surface area contributed by atoms with Gasteiger partial charge in [-0.3, -0.25) is 9.69 Å². The van der Waals surface area contributed by atoms with Crippen LogP contribution in [0.2, 0.25) is 0 Å². The average Bonchev–Trinajstić information content (AvgIpc) is 2.28. The van der Waals surface area contributed by atoms with Crippen LogP contribution in [0.3, 0.4) is 0 Å². The molecule has 1 rings (SSSR count). The van der Waals surface area contributed by atoms with Crippen molar-refractivity contribution < 1.29 is 9.53 Å². The SMILES string of the molecule is CC(C)(CNC(=O)CCBr)N1CCOCC1. The highest BCUT2D eigenvalue weighted by molar-refractivity contribution is 9.09. The number of ether oxygens (including phenoxy) is 1. The number of carbonyl (C=O) groups excluding carboxylic acids is 1. The van der Waals surface area contributed by atoms with E-state index >= 15 is 0 Å². The number of morpholine rings is 1. The monoisotopic (exact) mass is 292 g/mol. The maximum atomic E-state index is 11.4. The van der Waals surface area contributed by atoms with Gasteiger partial charge in [0.1, 0.15) is 0 Å². The molecule has 0 aromatic heterocycles. The highest BCUT2D eigenvalue weighted by Gasteiger charge is 2.28. The number of hydrogen-bond donors (Lipinski definition) is 1. The van der Waals surface area contributed by atoms with Crippen LogP contribution in [0.4, 0.5) is 0 Å². The van der Waals surface area contributed by atoms with Crippen molar-refractivity contribution in [3.05, 3.63) is 0 Å². The molecule has 1 aliphatic rings. The molecule has 4 nitrogen and oxygen atoms in total. The van der Waals surface area contributed by atoms with E-state index in [1.165, 1.54) is 0 Å². The molecule has 0 spiro atoms. The lowest BCUT2D eigenvalue weighted by Gasteiger charge is -2.40. The second-order valence-corrected chi connectivity index (χ2v) is 5.42. The molecule has 0 atom stereocenters. The third-order valence-corrected chi connectivity index (χ3v) is 3.30. The molecule has 5 heteroatoms. The van der Waals surface area contributed by atoms with E-state index in [0.29, 0.717) is 13.0 Å². The normalized spacial score (nSPS) is 18.4. The largest absolute Gasteiger partial charge is 0.379 e. The number of hydrogen-bond acceptors (Lipinski definition) is 3. The number of carbonyl (C=O) groups is 1. The quantitative estimate of drug-likeness (QED) is 0.769. The van der Waals surface area contributed by atoms with Crippen LogP contribution < -0.4 is 5.32 Å². The highest BCUT2D eigenvalue weighted by Crippen LogP contribution is 2.15. The van der Waals surface area contributed by atoms with E-state index in [1.54, 1.807) is 0 Å². The summed E-state index contributed by atoms with van der Waals surface area (Å²) in [7, 11) is 0. The van der Waals surface area contributed by atoms with Crippen LogP contribution in [-0.2, 0) is 9.53 Å². The molecule has 1 N–H and O–H groups in total. The molecule has 0 bridgehead atoms. The van der Waals surface area contributed by atoms with Gasteiger partial charge in [-0.15, -0.1) is 0 Å². The summed E-state index contributed by atoms with van der Waals surface area (Å²) in [6.45, 7) is 8.48. The molecule has 0 unspecified atom stereocenters. The molecule has 1 heterocycles. The molecule has 94 valence electrons. The fourth-order valence-corrected chi connectivity index (χ4v) is 2.13. The second kappa shape index (κ2) is 6.57. The minimum Gasteiger partial charge on any atom is -0.379 e.